The van der Waals surface area contributed by atoms with Crippen molar-refractivity contribution in [1.29, 1.82) is 21.0 Å². The maximum atomic E-state index is 13.1. The smallest absolute Gasteiger partial charge is 1.00 e. The van der Waals surface area contributed by atoms with Gasteiger partial charge in [0.15, 0.2) is 11.6 Å². The van der Waals surface area contributed by atoms with Crippen molar-refractivity contribution in [3.8, 4) is 35.7 Å². The minimum absolute atomic E-state index is 0. The number of aromatic amines is 1. The van der Waals surface area contributed by atoms with Gasteiger partial charge in [0.1, 0.15) is 35.4 Å². The van der Waals surface area contributed by atoms with Gasteiger partial charge < -0.3 is 25.7 Å². The number of nitrogens with zero attached hydrogens (tertiary/aromatic N) is 6. The van der Waals surface area contributed by atoms with E-state index in [0.29, 0.717) is 11.4 Å². The Hall–Kier alpha value is -5.16. The number of H-pyrrole nitrogens is 1. The van der Waals surface area contributed by atoms with Gasteiger partial charge in [0.2, 0.25) is 0 Å². The molecular formula is C53H27Cl4F2K2N7O3. The molecule has 336 valence electrons. The molecule has 3 aromatic heterocycles. The maximum absolute atomic E-state index is 13.1. The van der Waals surface area contributed by atoms with Crippen LogP contribution in [0.2, 0.25) is 20.1 Å². The zero-order valence-electron chi connectivity index (χ0n) is 38.1. The summed E-state index contributed by atoms with van der Waals surface area (Å²) >= 11 is 24.8. The van der Waals surface area contributed by atoms with Crippen molar-refractivity contribution in [1.82, 2.24) is 14.1 Å². The summed E-state index contributed by atoms with van der Waals surface area (Å²) in [5.74, 6) is -2.37. The van der Waals surface area contributed by atoms with Crippen LogP contribution in [-0.2, 0) is 9.68 Å². The summed E-state index contributed by atoms with van der Waals surface area (Å²) in [6.07, 6.45) is 0. The number of nitrogens with one attached hydrogen (secondary N) is 1. The first-order chi connectivity index (χ1) is 33.6. The second-order valence-corrected chi connectivity index (χ2v) is 16.2. The quantitative estimate of drug-likeness (QED) is 0.0619. The van der Waals surface area contributed by atoms with Crippen LogP contribution in [0, 0.1) is 57.0 Å². The number of rotatable bonds is 3. The number of carbonyl (C=O) groups excluding carboxylic acids is 1. The summed E-state index contributed by atoms with van der Waals surface area (Å²) < 4.78 is 30.1. The molecule has 0 bridgehead atoms. The van der Waals surface area contributed by atoms with Crippen LogP contribution in [0.15, 0.2) is 146 Å². The van der Waals surface area contributed by atoms with Gasteiger partial charge in [-0.25, -0.2) is 8.78 Å². The van der Waals surface area contributed by atoms with E-state index in [1.54, 1.807) is 0 Å². The predicted molar refractivity (Wildman–Crippen MR) is 264 cm³/mol. The Morgan fingerprint density at radius 3 is 0.986 bits per heavy atom. The molecule has 0 saturated heterocycles. The summed E-state index contributed by atoms with van der Waals surface area (Å²) in [5, 5.41) is 51.8. The number of fused-ring (bicyclic) bond motifs is 9. The molecule has 11 rings (SSSR count). The average Bonchev–Trinajstić information content (AvgIpc) is 4.05. The van der Waals surface area contributed by atoms with Crippen LogP contribution < -0.4 is 108 Å². The maximum Gasteiger partial charge on any atom is 1.00 e. The van der Waals surface area contributed by atoms with E-state index in [-0.39, 0.29) is 132 Å². The summed E-state index contributed by atoms with van der Waals surface area (Å²) in [4.78, 5) is 14.6. The standard InChI is InChI=1S/C32H16Cl2N4.C12H9N.C8Cl2F2N2.CH2O3.2K.H/c33-29-24(18-36)32(38-27-15-7-3-11-21(27)22-12-4-8-16-28(22)38)30(34)23(17-35)31(29)37-25-13-5-1-9-19(25)20-10-2-6-14-26(20)37;1-3-7-11-9(5-1)10-6-2-4-8-12(10)13-11;9-5-3(1-13)7(11)6(10)4(2-14)8(5)12;2-1-4-3;;;/h1-16H;1-8,13H;;1,3H;;;/q;;;;2*+1;-1/p-1. The van der Waals surface area contributed by atoms with Gasteiger partial charge in [0.05, 0.1) is 64.7 Å². The molecule has 3 heterocycles. The summed E-state index contributed by atoms with van der Waals surface area (Å²) in [7, 11) is 0. The Balaban J connectivity index is 0.000000232. The van der Waals surface area contributed by atoms with Gasteiger partial charge in [0.25, 0.3) is 6.47 Å². The number of carbonyl (C=O) groups is 1. The van der Waals surface area contributed by atoms with Gasteiger partial charge in [-0.2, -0.15) is 21.0 Å². The van der Waals surface area contributed by atoms with Crippen molar-refractivity contribution in [3.63, 3.8) is 0 Å². The van der Waals surface area contributed by atoms with E-state index in [0.717, 1.165) is 43.6 Å². The molecule has 0 amide bonds. The number of benzene rings is 8. The predicted octanol–water partition coefficient (Wildman–Crippen LogP) is 7.82. The number of hydrogen-bond donors (Lipinski definition) is 1. The van der Waals surface area contributed by atoms with Gasteiger partial charge in [-0.1, -0.05) is 156 Å². The van der Waals surface area contributed by atoms with Crippen molar-refractivity contribution in [2.75, 3.05) is 0 Å². The first-order valence-electron chi connectivity index (χ1n) is 20.2. The van der Waals surface area contributed by atoms with Crippen LogP contribution in [0.5, 0.6) is 0 Å². The van der Waals surface area contributed by atoms with E-state index in [9.17, 15) is 19.3 Å². The fraction of sp³-hybridized carbons (Fsp3) is 0. The Bertz CT molecular complexity index is 3660. The van der Waals surface area contributed by atoms with E-state index in [1.807, 2.05) is 106 Å². The third kappa shape index (κ3) is 10.3. The molecule has 18 heteroatoms. The minimum Gasteiger partial charge on any atom is -1.00 e. The third-order valence-electron chi connectivity index (χ3n) is 11.1. The molecule has 0 radical (unpaired) electrons. The van der Waals surface area contributed by atoms with Crippen molar-refractivity contribution in [3.05, 3.63) is 200 Å². The molecule has 0 aliphatic rings. The molecule has 0 saturated carbocycles. The molecular weight excluding hydrogens is 1040 g/mol. The molecule has 0 atom stereocenters. The van der Waals surface area contributed by atoms with Crippen LogP contribution in [0.3, 0.4) is 0 Å². The third-order valence-corrected chi connectivity index (χ3v) is 12.5. The Morgan fingerprint density at radius 2 is 0.718 bits per heavy atom. The van der Waals surface area contributed by atoms with Gasteiger partial charge in [-0.05, 0) is 36.4 Å². The van der Waals surface area contributed by atoms with E-state index >= 15 is 0 Å². The SMILES string of the molecule is N#Cc1c(Cl)c(-n2c3ccccc3c3ccccc32)c(C#N)c(Cl)c1-n1c2ccccc2c2ccccc21.N#Cc1c(F)c(Cl)c(C#N)c(F)c1Cl.O=CO[O-].[H-].[K+].[K+].c1ccc2c(c1)[nH]c1ccccc12. The Labute approximate surface area is 509 Å². The monoisotopic (exact) mass is 1070 g/mol. The van der Waals surface area contributed by atoms with Crippen molar-refractivity contribution in [2.45, 2.75) is 0 Å². The topological polar surface area (TPSA) is 170 Å². The molecule has 8 aromatic carbocycles. The van der Waals surface area contributed by atoms with Crippen molar-refractivity contribution < 1.29 is 128 Å². The molecule has 0 unspecified atom stereocenters. The fourth-order valence-electron chi connectivity index (χ4n) is 8.24. The van der Waals surface area contributed by atoms with Crippen LogP contribution in [0.4, 0.5) is 8.78 Å². The average molecular weight is 1070 g/mol. The van der Waals surface area contributed by atoms with Crippen LogP contribution >= 0.6 is 46.4 Å². The van der Waals surface area contributed by atoms with E-state index in [4.69, 9.17) is 67.0 Å². The van der Waals surface area contributed by atoms with E-state index in [1.165, 1.54) is 33.9 Å². The molecule has 71 heavy (non-hydrogen) atoms. The number of hydrogen-bond acceptors (Lipinski definition) is 7. The fourth-order valence-corrected chi connectivity index (χ4v) is 9.30. The number of aromatic nitrogens is 3. The van der Waals surface area contributed by atoms with Gasteiger partial charge >= 0.3 is 103 Å². The van der Waals surface area contributed by atoms with Gasteiger partial charge in [-0.3, -0.25) is 4.79 Å². The molecule has 0 aliphatic carbocycles. The largest absolute Gasteiger partial charge is 1.00 e. The van der Waals surface area contributed by atoms with E-state index < -0.39 is 32.8 Å². The number of halogens is 6. The van der Waals surface area contributed by atoms with Crippen molar-refractivity contribution in [2.24, 2.45) is 0 Å². The zero-order valence-corrected chi connectivity index (χ0v) is 46.4. The number of para-hydroxylation sites is 6. The zero-order chi connectivity index (χ0) is 48.9. The molecule has 10 nitrogen and oxygen atoms in total. The molecule has 0 fully saturated rings. The summed E-state index contributed by atoms with van der Waals surface area (Å²) in [6.45, 7) is -0.181. The first kappa shape index (κ1) is 55.2. The van der Waals surface area contributed by atoms with E-state index in [2.05, 4.69) is 70.5 Å². The molecule has 0 spiro atoms. The molecule has 1 N–H and O–H groups in total. The Kier molecular flexibility index (Phi) is 19.0. The van der Waals surface area contributed by atoms with Crippen molar-refractivity contribution >= 4 is 118 Å². The second-order valence-electron chi connectivity index (χ2n) is 14.7. The molecule has 11 aromatic rings. The first-order valence-corrected chi connectivity index (χ1v) is 21.7. The number of nitriles is 4. The van der Waals surface area contributed by atoms with Gasteiger partial charge in [0, 0.05) is 43.4 Å². The van der Waals surface area contributed by atoms with Crippen LogP contribution in [0.25, 0.3) is 76.8 Å². The van der Waals surface area contributed by atoms with Crippen LogP contribution in [0.1, 0.15) is 23.7 Å². The minimum atomic E-state index is -1.18. The summed E-state index contributed by atoms with van der Waals surface area (Å²) in [6, 6.07) is 55.8. The molecule has 0 aliphatic heterocycles. The second kappa shape index (κ2) is 24.5. The Morgan fingerprint density at radius 1 is 0.465 bits per heavy atom. The normalized spacial score (nSPS) is 10.2. The van der Waals surface area contributed by atoms with Gasteiger partial charge in [-0.15, -0.1) is 0 Å². The van der Waals surface area contributed by atoms with Crippen LogP contribution in [-0.4, -0.2) is 20.6 Å². The summed E-state index contributed by atoms with van der Waals surface area (Å²) in [5.41, 5.74) is 5.73.